The zero-order chi connectivity index (χ0) is 19.6. The lowest BCUT2D eigenvalue weighted by atomic mass is 10.1. The number of ether oxygens (including phenoxy) is 1. The first-order chi connectivity index (χ1) is 13.8. The standard InChI is InChI=1S/C24H30N2O2/c1-28-17-9-15-25(20-24(27)22-12-6-3-7-13-22)19-23-14-8-16-26(23)18-21-10-4-2-5-11-21/h2-8,10-14,16,24,27H,9,15,17-20H2,1H3. The largest absolute Gasteiger partial charge is 0.387 e. The molecule has 0 aliphatic carbocycles. The Bertz CT molecular complexity index is 802. The van der Waals surface area contributed by atoms with Gasteiger partial charge >= 0.3 is 0 Å². The molecule has 0 bridgehead atoms. The van der Waals surface area contributed by atoms with Gasteiger partial charge in [-0.25, -0.2) is 0 Å². The first-order valence-electron chi connectivity index (χ1n) is 9.88. The maximum absolute atomic E-state index is 10.7. The number of hydrogen-bond donors (Lipinski definition) is 1. The van der Waals surface area contributed by atoms with Crippen LogP contribution in [0, 0.1) is 0 Å². The summed E-state index contributed by atoms with van der Waals surface area (Å²) in [6.07, 6.45) is 2.57. The van der Waals surface area contributed by atoms with E-state index in [0.29, 0.717) is 6.54 Å². The van der Waals surface area contributed by atoms with Crippen LogP contribution in [-0.4, -0.2) is 41.4 Å². The highest BCUT2D eigenvalue weighted by atomic mass is 16.5. The summed E-state index contributed by atoms with van der Waals surface area (Å²) in [7, 11) is 1.73. The van der Waals surface area contributed by atoms with E-state index < -0.39 is 6.10 Å². The lowest BCUT2D eigenvalue weighted by Gasteiger charge is -2.26. The SMILES string of the molecule is COCCCN(Cc1cccn1Cc1ccccc1)CC(O)c1ccccc1. The number of methoxy groups -OCH3 is 1. The van der Waals surface area contributed by atoms with Gasteiger partial charge in [-0.2, -0.15) is 0 Å². The molecule has 148 valence electrons. The van der Waals surface area contributed by atoms with Crippen LogP contribution in [0.2, 0.25) is 0 Å². The lowest BCUT2D eigenvalue weighted by molar-refractivity contribution is 0.0983. The van der Waals surface area contributed by atoms with E-state index in [1.54, 1.807) is 7.11 Å². The molecule has 1 heterocycles. The van der Waals surface area contributed by atoms with Crippen LogP contribution in [0.15, 0.2) is 79.0 Å². The van der Waals surface area contributed by atoms with Crippen molar-refractivity contribution in [2.24, 2.45) is 0 Å². The summed E-state index contributed by atoms with van der Waals surface area (Å²) >= 11 is 0. The van der Waals surface area contributed by atoms with E-state index in [2.05, 4.69) is 52.1 Å². The van der Waals surface area contributed by atoms with E-state index in [9.17, 15) is 5.11 Å². The molecule has 0 aliphatic heterocycles. The molecule has 0 fully saturated rings. The summed E-state index contributed by atoms with van der Waals surface area (Å²) in [5.74, 6) is 0. The molecule has 0 radical (unpaired) electrons. The van der Waals surface area contributed by atoms with Crippen molar-refractivity contribution >= 4 is 0 Å². The third kappa shape index (κ3) is 6.06. The molecule has 28 heavy (non-hydrogen) atoms. The van der Waals surface area contributed by atoms with Gasteiger partial charge in [-0.15, -0.1) is 0 Å². The van der Waals surface area contributed by atoms with Crippen molar-refractivity contribution in [3.8, 4) is 0 Å². The highest BCUT2D eigenvalue weighted by molar-refractivity contribution is 5.19. The summed E-state index contributed by atoms with van der Waals surface area (Å²) in [5.41, 5.74) is 3.50. The van der Waals surface area contributed by atoms with Crippen molar-refractivity contribution in [2.75, 3.05) is 26.8 Å². The second-order valence-electron chi connectivity index (χ2n) is 7.12. The van der Waals surface area contributed by atoms with Crippen LogP contribution in [0.3, 0.4) is 0 Å². The van der Waals surface area contributed by atoms with Crippen molar-refractivity contribution in [1.29, 1.82) is 0 Å². The Labute approximate surface area is 168 Å². The van der Waals surface area contributed by atoms with Crippen LogP contribution in [0.4, 0.5) is 0 Å². The van der Waals surface area contributed by atoms with Gasteiger partial charge in [-0.3, -0.25) is 4.90 Å². The normalized spacial score (nSPS) is 12.4. The van der Waals surface area contributed by atoms with Gasteiger partial charge in [0, 0.05) is 51.8 Å². The Kier molecular flexibility index (Phi) is 7.85. The molecule has 0 amide bonds. The summed E-state index contributed by atoms with van der Waals surface area (Å²) in [4.78, 5) is 2.31. The van der Waals surface area contributed by atoms with E-state index in [0.717, 1.165) is 38.2 Å². The fourth-order valence-corrected chi connectivity index (χ4v) is 3.45. The Hall–Kier alpha value is -2.40. The zero-order valence-electron chi connectivity index (χ0n) is 16.6. The highest BCUT2D eigenvalue weighted by Gasteiger charge is 2.15. The highest BCUT2D eigenvalue weighted by Crippen LogP contribution is 2.17. The first kappa shape index (κ1) is 20.3. The van der Waals surface area contributed by atoms with Gasteiger partial charge in [0.05, 0.1) is 6.10 Å². The molecule has 1 N–H and O–H groups in total. The summed E-state index contributed by atoms with van der Waals surface area (Å²) in [6.45, 7) is 3.87. The third-order valence-electron chi connectivity index (χ3n) is 4.94. The second-order valence-corrected chi connectivity index (χ2v) is 7.12. The molecule has 0 saturated heterocycles. The minimum Gasteiger partial charge on any atom is -0.387 e. The molecule has 4 heteroatoms. The molecule has 1 aromatic heterocycles. The Balaban J connectivity index is 1.68. The van der Waals surface area contributed by atoms with Gasteiger partial charge in [0.2, 0.25) is 0 Å². The van der Waals surface area contributed by atoms with Crippen molar-refractivity contribution in [3.05, 3.63) is 95.8 Å². The topological polar surface area (TPSA) is 37.6 Å². The summed E-state index contributed by atoms with van der Waals surface area (Å²) < 4.78 is 7.51. The number of aliphatic hydroxyl groups excluding tert-OH is 1. The molecule has 0 aliphatic rings. The van der Waals surface area contributed by atoms with Gasteiger partial charge in [0.1, 0.15) is 0 Å². The van der Waals surface area contributed by atoms with E-state index >= 15 is 0 Å². The van der Waals surface area contributed by atoms with Crippen molar-refractivity contribution in [3.63, 3.8) is 0 Å². The number of aromatic nitrogens is 1. The molecule has 1 unspecified atom stereocenters. The lowest BCUT2D eigenvalue weighted by Crippen LogP contribution is -2.31. The predicted octanol–water partition coefficient (Wildman–Crippen LogP) is 4.11. The molecule has 3 aromatic rings. The minimum atomic E-state index is -0.499. The fraction of sp³-hybridized carbons (Fsp3) is 0.333. The van der Waals surface area contributed by atoms with Crippen LogP contribution in [0.25, 0.3) is 0 Å². The van der Waals surface area contributed by atoms with Crippen LogP contribution < -0.4 is 0 Å². The smallest absolute Gasteiger partial charge is 0.0917 e. The minimum absolute atomic E-state index is 0.499. The van der Waals surface area contributed by atoms with Gasteiger partial charge in [0.15, 0.2) is 0 Å². The van der Waals surface area contributed by atoms with Gasteiger partial charge in [-0.1, -0.05) is 60.7 Å². The molecule has 0 saturated carbocycles. The molecule has 3 rings (SSSR count). The maximum atomic E-state index is 10.7. The van der Waals surface area contributed by atoms with Crippen molar-refractivity contribution in [2.45, 2.75) is 25.6 Å². The van der Waals surface area contributed by atoms with Gasteiger partial charge < -0.3 is 14.4 Å². The molecule has 0 spiro atoms. The number of benzene rings is 2. The van der Waals surface area contributed by atoms with Crippen LogP contribution >= 0.6 is 0 Å². The number of rotatable bonds is 11. The van der Waals surface area contributed by atoms with Crippen molar-refractivity contribution in [1.82, 2.24) is 9.47 Å². The van der Waals surface area contributed by atoms with E-state index in [1.165, 1.54) is 11.3 Å². The molecular weight excluding hydrogens is 348 g/mol. The average molecular weight is 379 g/mol. The number of aliphatic hydroxyl groups is 1. The zero-order valence-corrected chi connectivity index (χ0v) is 16.6. The summed E-state index contributed by atoms with van der Waals surface area (Å²) in [6, 6.07) is 24.6. The third-order valence-corrected chi connectivity index (χ3v) is 4.94. The Morgan fingerprint density at radius 1 is 0.964 bits per heavy atom. The Morgan fingerprint density at radius 3 is 2.39 bits per heavy atom. The first-order valence-corrected chi connectivity index (χ1v) is 9.88. The van der Waals surface area contributed by atoms with Gasteiger partial charge in [-0.05, 0) is 29.7 Å². The van der Waals surface area contributed by atoms with E-state index in [-0.39, 0.29) is 0 Å². The average Bonchev–Trinajstić information content (AvgIpc) is 3.16. The van der Waals surface area contributed by atoms with E-state index in [4.69, 9.17) is 4.74 Å². The number of hydrogen-bond acceptors (Lipinski definition) is 3. The van der Waals surface area contributed by atoms with Crippen LogP contribution in [-0.2, 0) is 17.8 Å². The van der Waals surface area contributed by atoms with E-state index in [1.807, 2.05) is 36.4 Å². The molecule has 4 nitrogen and oxygen atoms in total. The fourth-order valence-electron chi connectivity index (χ4n) is 3.45. The van der Waals surface area contributed by atoms with Crippen LogP contribution in [0.1, 0.15) is 29.3 Å². The molecule has 1 atom stereocenters. The quantitative estimate of drug-likeness (QED) is 0.510. The van der Waals surface area contributed by atoms with Crippen LogP contribution in [0.5, 0.6) is 0 Å². The Morgan fingerprint density at radius 2 is 1.68 bits per heavy atom. The molecular formula is C24H30N2O2. The monoisotopic (exact) mass is 378 g/mol. The maximum Gasteiger partial charge on any atom is 0.0917 e. The van der Waals surface area contributed by atoms with Gasteiger partial charge in [0.25, 0.3) is 0 Å². The summed E-state index contributed by atoms with van der Waals surface area (Å²) in [5, 5.41) is 10.7. The predicted molar refractivity (Wildman–Crippen MR) is 113 cm³/mol. The van der Waals surface area contributed by atoms with Crippen molar-refractivity contribution < 1.29 is 9.84 Å². The number of nitrogens with zero attached hydrogens (tertiary/aromatic N) is 2. The molecule has 2 aromatic carbocycles. The second kappa shape index (κ2) is 10.8.